The second-order valence-electron chi connectivity index (χ2n) is 7.65. The molecular formula is C21H29ClO7. The Labute approximate surface area is 175 Å². The van der Waals surface area contributed by atoms with Gasteiger partial charge in [0.15, 0.2) is 0 Å². The van der Waals surface area contributed by atoms with Gasteiger partial charge in [-0.15, -0.1) is 0 Å². The Kier molecular flexibility index (Phi) is 8.89. The van der Waals surface area contributed by atoms with E-state index < -0.39 is 36.4 Å². The number of aliphatic hydroxyl groups excluding tert-OH is 2. The van der Waals surface area contributed by atoms with Gasteiger partial charge in [0, 0.05) is 11.5 Å². The molecule has 2 aliphatic rings. The van der Waals surface area contributed by atoms with Crippen molar-refractivity contribution in [2.75, 3.05) is 0 Å². The maximum absolute atomic E-state index is 12.3. The molecule has 0 spiro atoms. The van der Waals surface area contributed by atoms with Crippen LogP contribution in [0.1, 0.15) is 52.4 Å². The van der Waals surface area contributed by atoms with Gasteiger partial charge < -0.3 is 24.8 Å². The number of allylic oxidation sites excluding steroid dienone is 3. The van der Waals surface area contributed by atoms with Gasteiger partial charge in [-0.25, -0.2) is 0 Å². The van der Waals surface area contributed by atoms with E-state index in [9.17, 15) is 19.8 Å². The van der Waals surface area contributed by atoms with E-state index in [0.29, 0.717) is 41.9 Å². The molecule has 2 bridgehead atoms. The Morgan fingerprint density at radius 1 is 1.41 bits per heavy atom. The van der Waals surface area contributed by atoms with E-state index in [0.717, 1.165) is 0 Å². The van der Waals surface area contributed by atoms with Crippen molar-refractivity contribution in [3.63, 3.8) is 0 Å². The van der Waals surface area contributed by atoms with Crippen molar-refractivity contribution in [1.29, 1.82) is 0 Å². The molecule has 1 saturated heterocycles. The highest BCUT2D eigenvalue weighted by Crippen LogP contribution is 2.31. The maximum Gasteiger partial charge on any atom is 0.309 e. The molecule has 0 unspecified atom stereocenters. The van der Waals surface area contributed by atoms with Crippen molar-refractivity contribution in [2.45, 2.75) is 82.9 Å². The fourth-order valence-electron chi connectivity index (χ4n) is 3.49. The second kappa shape index (κ2) is 10.9. The van der Waals surface area contributed by atoms with E-state index in [-0.39, 0.29) is 18.9 Å². The molecule has 0 amide bonds. The Bertz CT molecular complexity index is 697. The molecule has 2 rings (SSSR count). The summed E-state index contributed by atoms with van der Waals surface area (Å²) in [7, 11) is 0. The summed E-state index contributed by atoms with van der Waals surface area (Å²) in [6.07, 6.45) is 3.00. The number of rotatable bonds is 4. The molecule has 162 valence electrons. The fraction of sp³-hybridized carbons (Fsp3) is 0.619. The van der Waals surface area contributed by atoms with Gasteiger partial charge in [-0.2, -0.15) is 0 Å². The number of fused-ring (bicyclic) bond motifs is 2. The molecule has 2 heterocycles. The minimum atomic E-state index is -1.12. The monoisotopic (exact) mass is 428 g/mol. The molecule has 0 saturated carbocycles. The lowest BCUT2D eigenvalue weighted by Crippen LogP contribution is -2.37. The smallest absolute Gasteiger partial charge is 0.309 e. The van der Waals surface area contributed by atoms with Crippen LogP contribution >= 0.6 is 11.6 Å². The third-order valence-electron chi connectivity index (χ3n) is 5.09. The molecule has 8 heteroatoms. The number of carboxylic acids is 1. The van der Waals surface area contributed by atoms with Crippen LogP contribution in [0.2, 0.25) is 0 Å². The summed E-state index contributed by atoms with van der Waals surface area (Å²) in [4.78, 5) is 23.2. The van der Waals surface area contributed by atoms with Crippen LogP contribution < -0.4 is 0 Å². The Balaban J connectivity index is 2.19. The predicted octanol–water partition coefficient (Wildman–Crippen LogP) is 2.84. The average Bonchev–Trinajstić information content (AvgIpc) is 3.00. The van der Waals surface area contributed by atoms with E-state index in [1.807, 2.05) is 12.2 Å². The van der Waals surface area contributed by atoms with Crippen LogP contribution in [0.3, 0.4) is 0 Å². The zero-order valence-corrected chi connectivity index (χ0v) is 17.5. The van der Waals surface area contributed by atoms with Crippen LogP contribution in [0.4, 0.5) is 0 Å². The number of ether oxygens (including phenoxy) is 2. The van der Waals surface area contributed by atoms with E-state index in [2.05, 4.69) is 0 Å². The molecular weight excluding hydrogens is 400 g/mol. The summed E-state index contributed by atoms with van der Waals surface area (Å²) in [6, 6.07) is 0. The number of hydrogen-bond donors (Lipinski definition) is 3. The first-order chi connectivity index (χ1) is 13.7. The normalized spacial score (nSPS) is 34.2. The van der Waals surface area contributed by atoms with Crippen LogP contribution in [-0.2, 0) is 19.1 Å². The molecule has 0 radical (unpaired) electrons. The maximum atomic E-state index is 12.3. The summed E-state index contributed by atoms with van der Waals surface area (Å²) in [5.41, 5.74) is 1.14. The van der Waals surface area contributed by atoms with Crippen LogP contribution in [0, 0.1) is 0 Å². The summed E-state index contributed by atoms with van der Waals surface area (Å²) in [5, 5.41) is 30.3. The van der Waals surface area contributed by atoms with Crippen LogP contribution in [0.25, 0.3) is 0 Å². The predicted molar refractivity (Wildman–Crippen MR) is 107 cm³/mol. The van der Waals surface area contributed by atoms with Crippen molar-refractivity contribution in [3.8, 4) is 0 Å². The van der Waals surface area contributed by atoms with Gasteiger partial charge in [0.1, 0.15) is 18.3 Å². The number of hydrogen-bond acceptors (Lipinski definition) is 6. The number of carboxylic acid groups (broad SMARTS) is 1. The molecule has 0 aliphatic carbocycles. The van der Waals surface area contributed by atoms with E-state index >= 15 is 0 Å². The van der Waals surface area contributed by atoms with Gasteiger partial charge in [0.05, 0.1) is 25.0 Å². The first-order valence-corrected chi connectivity index (χ1v) is 10.1. The standard InChI is InChI=1S/C21H29ClO7/c1-12(9-19(25)26)8-17(24)21-18-10-15(28-21)7-6-14(22)5-3-4-13(2)16(23)11-20(27)29-18/h4-5,8,15-18,21,23-24H,3,6-7,9-11H2,1-2H3,(H,25,26)/b12-8+,13-4-,14-5+/t15-,16-,17-,18-,21-/m1/s1. The number of aliphatic hydroxyl groups is 2. The lowest BCUT2D eigenvalue weighted by molar-refractivity contribution is -0.156. The zero-order valence-electron chi connectivity index (χ0n) is 16.7. The molecule has 0 aromatic rings. The Hall–Kier alpha value is -1.67. The number of aliphatic carboxylic acids is 1. The van der Waals surface area contributed by atoms with Crippen molar-refractivity contribution >= 4 is 23.5 Å². The van der Waals surface area contributed by atoms with E-state index in [1.54, 1.807) is 13.8 Å². The van der Waals surface area contributed by atoms with Crippen molar-refractivity contribution < 1.29 is 34.4 Å². The highest BCUT2D eigenvalue weighted by molar-refractivity contribution is 6.29. The van der Waals surface area contributed by atoms with Gasteiger partial charge in [-0.3, -0.25) is 9.59 Å². The quantitative estimate of drug-likeness (QED) is 0.466. The minimum Gasteiger partial charge on any atom is -0.481 e. The third kappa shape index (κ3) is 7.59. The highest BCUT2D eigenvalue weighted by atomic mass is 35.5. The van der Waals surface area contributed by atoms with Crippen LogP contribution in [0.5, 0.6) is 0 Å². The topological polar surface area (TPSA) is 113 Å². The van der Waals surface area contributed by atoms with Crippen molar-refractivity contribution in [1.82, 2.24) is 0 Å². The van der Waals surface area contributed by atoms with Gasteiger partial charge in [0.2, 0.25) is 0 Å². The number of halogens is 1. The Morgan fingerprint density at radius 2 is 2.14 bits per heavy atom. The molecule has 5 atom stereocenters. The first-order valence-electron chi connectivity index (χ1n) is 9.77. The van der Waals surface area contributed by atoms with Gasteiger partial charge in [-0.05, 0) is 38.7 Å². The van der Waals surface area contributed by atoms with Crippen molar-refractivity contribution in [2.24, 2.45) is 0 Å². The molecule has 0 aromatic heterocycles. The Morgan fingerprint density at radius 3 is 2.83 bits per heavy atom. The minimum absolute atomic E-state index is 0.197. The lowest BCUT2D eigenvalue weighted by atomic mass is 10.0. The average molecular weight is 429 g/mol. The van der Waals surface area contributed by atoms with Gasteiger partial charge >= 0.3 is 11.9 Å². The molecule has 3 N–H and O–H groups in total. The molecule has 2 aliphatic heterocycles. The second-order valence-corrected chi connectivity index (χ2v) is 8.14. The van der Waals surface area contributed by atoms with Crippen molar-refractivity contribution in [3.05, 3.63) is 34.4 Å². The molecule has 1 fully saturated rings. The largest absolute Gasteiger partial charge is 0.481 e. The molecule has 0 aromatic carbocycles. The molecule has 7 nitrogen and oxygen atoms in total. The summed E-state index contributed by atoms with van der Waals surface area (Å²) < 4.78 is 11.5. The lowest BCUT2D eigenvalue weighted by Gasteiger charge is -2.23. The van der Waals surface area contributed by atoms with Crippen LogP contribution in [0.15, 0.2) is 34.4 Å². The van der Waals surface area contributed by atoms with Gasteiger partial charge in [-0.1, -0.05) is 35.4 Å². The number of carbonyl (C=O) groups is 2. The summed E-state index contributed by atoms with van der Waals surface area (Å²) >= 11 is 6.26. The third-order valence-corrected chi connectivity index (χ3v) is 5.43. The number of esters is 1. The summed E-state index contributed by atoms with van der Waals surface area (Å²) in [5.74, 6) is -1.57. The number of carbonyl (C=O) groups excluding carboxylic acids is 1. The fourth-order valence-corrected chi connectivity index (χ4v) is 3.69. The van der Waals surface area contributed by atoms with Gasteiger partial charge in [0.25, 0.3) is 0 Å². The van der Waals surface area contributed by atoms with E-state index in [4.69, 9.17) is 26.2 Å². The van der Waals surface area contributed by atoms with Crippen LogP contribution in [-0.4, -0.2) is 57.8 Å². The summed E-state index contributed by atoms with van der Waals surface area (Å²) in [6.45, 7) is 3.35. The SMILES string of the molecule is C/C1=C/C/C=C(/Cl)CC[C@@H]2C[C@@H](OC(=O)C[C@H]1O)[C@@H]([C@H](O)/C=C(\C)CC(=O)O)O2. The highest BCUT2D eigenvalue weighted by Gasteiger charge is 2.41. The zero-order chi connectivity index (χ0) is 21.6. The van der Waals surface area contributed by atoms with E-state index in [1.165, 1.54) is 6.08 Å². The first kappa shape index (κ1) is 23.6. The molecule has 29 heavy (non-hydrogen) atoms.